The van der Waals surface area contributed by atoms with Crippen LogP contribution in [0.2, 0.25) is 0 Å². The molecule has 0 aromatic heterocycles. The van der Waals surface area contributed by atoms with E-state index in [9.17, 15) is 0 Å². The fourth-order valence-corrected chi connectivity index (χ4v) is 4.81. The summed E-state index contributed by atoms with van der Waals surface area (Å²) < 4.78 is 0. The van der Waals surface area contributed by atoms with Gasteiger partial charge < -0.3 is 10.2 Å². The Labute approximate surface area is 111 Å². The summed E-state index contributed by atoms with van der Waals surface area (Å²) in [6.07, 6.45) is 6.92. The van der Waals surface area contributed by atoms with Gasteiger partial charge in [-0.1, -0.05) is 13.3 Å². The van der Waals surface area contributed by atoms with Gasteiger partial charge in [-0.25, -0.2) is 0 Å². The molecule has 0 spiro atoms. The molecule has 17 heavy (non-hydrogen) atoms. The van der Waals surface area contributed by atoms with Gasteiger partial charge in [0, 0.05) is 24.9 Å². The summed E-state index contributed by atoms with van der Waals surface area (Å²) in [6.45, 7) is 6.11. The zero-order valence-electron chi connectivity index (χ0n) is 11.5. The second-order valence-corrected chi connectivity index (χ2v) is 7.11. The van der Waals surface area contributed by atoms with E-state index in [2.05, 4.69) is 35.9 Å². The second kappa shape index (κ2) is 6.44. The van der Waals surface area contributed by atoms with Gasteiger partial charge in [0.1, 0.15) is 0 Å². The first-order valence-electron chi connectivity index (χ1n) is 7.24. The molecule has 2 unspecified atom stereocenters. The monoisotopic (exact) mass is 256 g/mol. The van der Waals surface area contributed by atoms with Gasteiger partial charge in [-0.05, 0) is 50.4 Å². The Hall–Kier alpha value is 0.270. The van der Waals surface area contributed by atoms with Gasteiger partial charge in [0.25, 0.3) is 0 Å². The molecule has 0 bridgehead atoms. The average Bonchev–Trinajstić information content (AvgIpc) is 2.84. The van der Waals surface area contributed by atoms with Gasteiger partial charge in [0.05, 0.1) is 0 Å². The third kappa shape index (κ3) is 3.62. The minimum atomic E-state index is 0.564. The van der Waals surface area contributed by atoms with Crippen molar-refractivity contribution in [1.82, 2.24) is 10.2 Å². The molecular weight excluding hydrogens is 228 g/mol. The van der Waals surface area contributed by atoms with E-state index in [1.54, 1.807) is 0 Å². The topological polar surface area (TPSA) is 15.3 Å². The number of thioether (sulfide) groups is 1. The molecule has 2 atom stereocenters. The fourth-order valence-electron chi connectivity index (χ4n) is 3.52. The maximum atomic E-state index is 3.62. The summed E-state index contributed by atoms with van der Waals surface area (Å²) in [4.78, 5) is 2.66. The fraction of sp³-hybridized carbons (Fsp3) is 1.00. The van der Waals surface area contributed by atoms with Gasteiger partial charge in [-0.2, -0.15) is 11.8 Å². The molecule has 0 aromatic carbocycles. The van der Waals surface area contributed by atoms with Gasteiger partial charge in [0.2, 0.25) is 0 Å². The van der Waals surface area contributed by atoms with Crippen LogP contribution in [0.1, 0.15) is 39.0 Å². The van der Waals surface area contributed by atoms with Crippen molar-refractivity contribution in [2.24, 2.45) is 5.41 Å². The van der Waals surface area contributed by atoms with Crippen molar-refractivity contribution in [3.8, 4) is 0 Å². The molecule has 2 nitrogen and oxygen atoms in total. The molecule has 2 rings (SSSR count). The van der Waals surface area contributed by atoms with E-state index in [1.165, 1.54) is 63.2 Å². The van der Waals surface area contributed by atoms with Crippen LogP contribution >= 0.6 is 11.8 Å². The zero-order valence-corrected chi connectivity index (χ0v) is 12.3. The molecular formula is C14H28N2S. The molecule has 0 aliphatic carbocycles. The number of hydrogen-bond donors (Lipinski definition) is 1. The summed E-state index contributed by atoms with van der Waals surface area (Å²) in [7, 11) is 2.35. The van der Waals surface area contributed by atoms with E-state index in [4.69, 9.17) is 0 Å². The van der Waals surface area contributed by atoms with Crippen LogP contribution in [0.4, 0.5) is 0 Å². The van der Waals surface area contributed by atoms with E-state index in [0.29, 0.717) is 5.41 Å². The molecule has 2 aliphatic heterocycles. The Kier molecular flexibility index (Phi) is 5.19. The lowest BCUT2D eigenvalue weighted by molar-refractivity contribution is 0.102. The van der Waals surface area contributed by atoms with E-state index in [0.717, 1.165) is 6.04 Å². The van der Waals surface area contributed by atoms with Crippen LogP contribution < -0.4 is 5.32 Å². The first kappa shape index (κ1) is 13.7. The van der Waals surface area contributed by atoms with Gasteiger partial charge in [0.15, 0.2) is 0 Å². The summed E-state index contributed by atoms with van der Waals surface area (Å²) in [5, 5.41) is 3.62. The second-order valence-electron chi connectivity index (χ2n) is 5.96. The largest absolute Gasteiger partial charge is 0.316 e. The van der Waals surface area contributed by atoms with E-state index < -0.39 is 0 Å². The van der Waals surface area contributed by atoms with Crippen LogP contribution in [0.15, 0.2) is 0 Å². The molecule has 1 N–H and O–H groups in total. The van der Waals surface area contributed by atoms with Gasteiger partial charge in [-0.15, -0.1) is 0 Å². The van der Waals surface area contributed by atoms with E-state index in [-0.39, 0.29) is 0 Å². The number of hydrogen-bond acceptors (Lipinski definition) is 3. The van der Waals surface area contributed by atoms with Crippen molar-refractivity contribution >= 4 is 11.8 Å². The Balaban J connectivity index is 1.91. The summed E-state index contributed by atoms with van der Waals surface area (Å²) >= 11 is 2.13. The molecule has 2 aliphatic rings. The lowest BCUT2D eigenvalue weighted by Gasteiger charge is -2.42. The molecule has 0 saturated carbocycles. The third-order valence-corrected chi connectivity index (χ3v) is 5.60. The smallest absolute Gasteiger partial charge is 0.0191 e. The van der Waals surface area contributed by atoms with Gasteiger partial charge in [-0.3, -0.25) is 0 Å². The van der Waals surface area contributed by atoms with Crippen LogP contribution in [-0.2, 0) is 0 Å². The van der Waals surface area contributed by atoms with E-state index in [1.807, 2.05) is 0 Å². The van der Waals surface area contributed by atoms with Crippen molar-refractivity contribution in [3.05, 3.63) is 0 Å². The highest BCUT2D eigenvalue weighted by atomic mass is 32.2. The number of rotatable bonds is 5. The van der Waals surface area contributed by atoms with Crippen LogP contribution in [0, 0.1) is 5.41 Å². The maximum Gasteiger partial charge on any atom is 0.0191 e. The Bertz CT molecular complexity index is 215. The van der Waals surface area contributed by atoms with Crippen LogP contribution in [-0.4, -0.2) is 49.1 Å². The zero-order chi connectivity index (χ0) is 12.1. The molecule has 0 aromatic rings. The standard InChI is InChI=1S/C14H28N2S/c1-3-6-14(7-4-8-15-11-14)12-16(2)13-5-9-17-10-13/h13,15H,3-12H2,1-2H3. The normalized spacial score (nSPS) is 34.4. The first-order chi connectivity index (χ1) is 8.26. The Morgan fingerprint density at radius 1 is 1.47 bits per heavy atom. The van der Waals surface area contributed by atoms with Crippen molar-refractivity contribution in [2.75, 3.05) is 38.2 Å². The van der Waals surface area contributed by atoms with Crippen molar-refractivity contribution in [3.63, 3.8) is 0 Å². The van der Waals surface area contributed by atoms with E-state index >= 15 is 0 Å². The number of nitrogens with zero attached hydrogens (tertiary/aromatic N) is 1. The molecule has 0 amide bonds. The highest BCUT2D eigenvalue weighted by molar-refractivity contribution is 7.99. The Morgan fingerprint density at radius 3 is 2.94 bits per heavy atom. The minimum absolute atomic E-state index is 0.564. The molecule has 3 heteroatoms. The number of piperidine rings is 1. The van der Waals surface area contributed by atoms with Crippen molar-refractivity contribution in [2.45, 2.75) is 45.1 Å². The average molecular weight is 256 g/mol. The first-order valence-corrected chi connectivity index (χ1v) is 8.40. The SMILES string of the molecule is CCCC1(CN(C)C2CCSC2)CCCNC1. The van der Waals surface area contributed by atoms with Crippen molar-refractivity contribution in [1.29, 1.82) is 0 Å². The van der Waals surface area contributed by atoms with Crippen LogP contribution in [0.25, 0.3) is 0 Å². The molecule has 2 saturated heterocycles. The molecule has 2 fully saturated rings. The lowest BCUT2D eigenvalue weighted by atomic mass is 9.76. The van der Waals surface area contributed by atoms with Crippen molar-refractivity contribution < 1.29 is 0 Å². The quantitative estimate of drug-likeness (QED) is 0.814. The molecule has 100 valence electrons. The highest BCUT2D eigenvalue weighted by Gasteiger charge is 2.34. The predicted octanol–water partition coefficient (Wildman–Crippen LogP) is 2.59. The minimum Gasteiger partial charge on any atom is -0.316 e. The highest BCUT2D eigenvalue weighted by Crippen LogP contribution is 2.34. The third-order valence-electron chi connectivity index (χ3n) is 4.45. The van der Waals surface area contributed by atoms with Gasteiger partial charge >= 0.3 is 0 Å². The predicted molar refractivity (Wildman–Crippen MR) is 77.8 cm³/mol. The summed E-state index contributed by atoms with van der Waals surface area (Å²) in [5.41, 5.74) is 0.564. The summed E-state index contributed by atoms with van der Waals surface area (Å²) in [6, 6.07) is 0.843. The maximum absolute atomic E-state index is 3.62. The van der Waals surface area contributed by atoms with Crippen LogP contribution in [0.3, 0.4) is 0 Å². The van der Waals surface area contributed by atoms with Crippen LogP contribution in [0.5, 0.6) is 0 Å². The lowest BCUT2D eigenvalue weighted by Crippen LogP contribution is -2.49. The molecule has 2 heterocycles. The Morgan fingerprint density at radius 2 is 2.35 bits per heavy atom. The molecule has 0 radical (unpaired) electrons. The summed E-state index contributed by atoms with van der Waals surface area (Å²) in [5.74, 6) is 2.72. The number of nitrogens with one attached hydrogen (secondary N) is 1.